The van der Waals surface area contributed by atoms with E-state index >= 15 is 0 Å². The molecule has 0 spiro atoms. The van der Waals surface area contributed by atoms with Crippen molar-refractivity contribution in [3.8, 4) is 5.75 Å². The molecule has 2 nitrogen and oxygen atoms in total. The second-order valence-corrected chi connectivity index (χ2v) is 6.04. The Labute approximate surface area is 122 Å². The van der Waals surface area contributed by atoms with Gasteiger partial charge in [-0.2, -0.15) is 0 Å². The molecule has 2 rings (SSSR count). The van der Waals surface area contributed by atoms with Crippen molar-refractivity contribution in [2.24, 2.45) is 0 Å². The van der Waals surface area contributed by atoms with Crippen LogP contribution in [-0.4, -0.2) is 24.6 Å². The third-order valence-electron chi connectivity index (χ3n) is 3.48. The zero-order valence-corrected chi connectivity index (χ0v) is 12.8. The number of hydrogen-bond acceptors (Lipinski definition) is 2. The van der Waals surface area contributed by atoms with Crippen LogP contribution in [0.3, 0.4) is 0 Å². The van der Waals surface area contributed by atoms with Crippen LogP contribution < -0.4 is 10.1 Å². The van der Waals surface area contributed by atoms with Crippen molar-refractivity contribution < 1.29 is 4.74 Å². The first-order valence-corrected chi connectivity index (χ1v) is 7.76. The molecule has 0 bridgehead atoms. The fraction of sp³-hybridized carbons (Fsp3) is 0.571. The summed E-state index contributed by atoms with van der Waals surface area (Å²) in [6.07, 6.45) is 4.94. The molecule has 0 saturated heterocycles. The highest BCUT2D eigenvalue weighted by molar-refractivity contribution is 9.10. The van der Waals surface area contributed by atoms with Gasteiger partial charge in [-0.15, -0.1) is 11.6 Å². The van der Waals surface area contributed by atoms with Crippen LogP contribution in [0.4, 0.5) is 0 Å². The largest absolute Gasteiger partial charge is 0.492 e. The molecule has 0 amide bonds. The van der Waals surface area contributed by atoms with E-state index < -0.39 is 0 Å². The normalized spacial score (nSPS) is 17.9. The smallest absolute Gasteiger partial charge is 0.120 e. The predicted octanol–water partition coefficient (Wildman–Crippen LogP) is 3.97. The summed E-state index contributed by atoms with van der Waals surface area (Å²) in [5.41, 5.74) is 0.155. The summed E-state index contributed by atoms with van der Waals surface area (Å²) in [6.45, 7) is 1.52. The van der Waals surface area contributed by atoms with E-state index in [4.69, 9.17) is 16.3 Å². The van der Waals surface area contributed by atoms with Gasteiger partial charge in [-0.05, 0) is 31.0 Å². The Morgan fingerprint density at radius 2 is 2.11 bits per heavy atom. The summed E-state index contributed by atoms with van der Waals surface area (Å²) in [7, 11) is 0. The highest BCUT2D eigenvalue weighted by Gasteiger charge is 2.31. The maximum atomic E-state index is 6.07. The molecule has 0 aliphatic heterocycles. The minimum Gasteiger partial charge on any atom is -0.492 e. The van der Waals surface area contributed by atoms with E-state index in [9.17, 15) is 0 Å². The molecule has 0 aromatic heterocycles. The average Bonchev–Trinajstić information content (AvgIpc) is 2.84. The van der Waals surface area contributed by atoms with Gasteiger partial charge in [0.25, 0.3) is 0 Å². The van der Waals surface area contributed by atoms with Gasteiger partial charge < -0.3 is 10.1 Å². The van der Waals surface area contributed by atoms with Crippen LogP contribution >= 0.6 is 27.5 Å². The van der Waals surface area contributed by atoms with Gasteiger partial charge in [-0.1, -0.05) is 34.8 Å². The molecule has 0 unspecified atom stereocenters. The fourth-order valence-corrected chi connectivity index (χ4v) is 3.19. The van der Waals surface area contributed by atoms with Crippen LogP contribution in [0, 0.1) is 0 Å². The molecule has 1 aliphatic carbocycles. The molecule has 0 heterocycles. The number of benzene rings is 1. The third-order valence-corrected chi connectivity index (χ3v) is 4.49. The number of hydrogen-bond donors (Lipinski definition) is 1. The van der Waals surface area contributed by atoms with Gasteiger partial charge in [-0.3, -0.25) is 0 Å². The summed E-state index contributed by atoms with van der Waals surface area (Å²) in [5.74, 6) is 1.60. The van der Waals surface area contributed by atoms with Gasteiger partial charge in [0.2, 0.25) is 0 Å². The molecule has 1 fully saturated rings. The lowest BCUT2D eigenvalue weighted by molar-refractivity contribution is 0.279. The monoisotopic (exact) mass is 331 g/mol. The van der Waals surface area contributed by atoms with E-state index in [1.807, 2.05) is 24.3 Å². The minimum absolute atomic E-state index is 0.155. The van der Waals surface area contributed by atoms with E-state index in [1.165, 1.54) is 25.7 Å². The maximum absolute atomic E-state index is 6.07. The lowest BCUT2D eigenvalue weighted by atomic mass is 10.0. The van der Waals surface area contributed by atoms with Gasteiger partial charge in [-0.25, -0.2) is 0 Å². The molecule has 1 aliphatic rings. The van der Waals surface area contributed by atoms with Gasteiger partial charge in [0.15, 0.2) is 0 Å². The molecule has 1 N–H and O–H groups in total. The van der Waals surface area contributed by atoms with Crippen molar-refractivity contribution in [1.82, 2.24) is 5.32 Å². The van der Waals surface area contributed by atoms with Crippen LogP contribution in [0.1, 0.15) is 25.7 Å². The van der Waals surface area contributed by atoms with Crippen molar-refractivity contribution in [3.63, 3.8) is 0 Å². The minimum atomic E-state index is 0.155. The Kier molecular flexibility index (Phi) is 5.34. The summed E-state index contributed by atoms with van der Waals surface area (Å²) < 4.78 is 6.74. The Hall–Kier alpha value is -0.250. The van der Waals surface area contributed by atoms with Crippen molar-refractivity contribution >= 4 is 27.5 Å². The maximum Gasteiger partial charge on any atom is 0.120 e. The first-order valence-electron chi connectivity index (χ1n) is 6.43. The van der Waals surface area contributed by atoms with Gasteiger partial charge in [0.05, 0.1) is 0 Å². The van der Waals surface area contributed by atoms with E-state index in [0.29, 0.717) is 12.5 Å². The molecule has 18 heavy (non-hydrogen) atoms. The highest BCUT2D eigenvalue weighted by Crippen LogP contribution is 2.30. The van der Waals surface area contributed by atoms with Crippen LogP contribution in [0.2, 0.25) is 0 Å². The predicted molar refractivity (Wildman–Crippen MR) is 79.6 cm³/mol. The first-order chi connectivity index (χ1) is 8.74. The SMILES string of the molecule is ClCC1(NCCOc2cccc(Br)c2)CCCC1. The second-order valence-electron chi connectivity index (χ2n) is 4.85. The Morgan fingerprint density at radius 1 is 1.33 bits per heavy atom. The molecule has 1 aromatic rings. The number of ether oxygens (including phenoxy) is 1. The summed E-state index contributed by atoms with van der Waals surface area (Å²) in [4.78, 5) is 0. The van der Waals surface area contributed by atoms with Gasteiger partial charge in [0.1, 0.15) is 12.4 Å². The molecule has 0 radical (unpaired) electrons. The van der Waals surface area contributed by atoms with Crippen LogP contribution in [-0.2, 0) is 0 Å². The fourth-order valence-electron chi connectivity index (χ4n) is 2.45. The quantitative estimate of drug-likeness (QED) is 0.629. The third kappa shape index (κ3) is 3.87. The van der Waals surface area contributed by atoms with E-state index in [1.54, 1.807) is 0 Å². The Bertz CT molecular complexity index is 380. The standard InChI is InChI=1S/C14H19BrClNO/c15-12-4-3-5-13(10-12)18-9-8-17-14(11-16)6-1-2-7-14/h3-5,10,17H,1-2,6-9,11H2. The van der Waals surface area contributed by atoms with E-state index in [0.717, 1.165) is 16.8 Å². The van der Waals surface area contributed by atoms with Crippen molar-refractivity contribution in [1.29, 1.82) is 0 Å². The number of alkyl halides is 1. The van der Waals surface area contributed by atoms with E-state index in [-0.39, 0.29) is 5.54 Å². The van der Waals surface area contributed by atoms with Gasteiger partial charge >= 0.3 is 0 Å². The highest BCUT2D eigenvalue weighted by atomic mass is 79.9. The Morgan fingerprint density at radius 3 is 2.78 bits per heavy atom. The summed E-state index contributed by atoms with van der Waals surface area (Å²) in [5, 5.41) is 3.56. The molecular weight excluding hydrogens is 314 g/mol. The molecule has 4 heteroatoms. The molecule has 0 atom stereocenters. The first kappa shape index (κ1) is 14.2. The zero-order valence-electron chi connectivity index (χ0n) is 10.4. The summed E-state index contributed by atoms with van der Waals surface area (Å²) in [6, 6.07) is 7.92. The molecular formula is C14H19BrClNO. The van der Waals surface area contributed by atoms with Crippen molar-refractivity contribution in [3.05, 3.63) is 28.7 Å². The number of rotatable bonds is 6. The number of nitrogens with one attached hydrogen (secondary N) is 1. The van der Waals surface area contributed by atoms with Crippen LogP contribution in [0.15, 0.2) is 28.7 Å². The Balaban J connectivity index is 1.72. The molecule has 1 saturated carbocycles. The average molecular weight is 333 g/mol. The lowest BCUT2D eigenvalue weighted by Gasteiger charge is -2.27. The summed E-state index contributed by atoms with van der Waals surface area (Å²) >= 11 is 9.50. The van der Waals surface area contributed by atoms with Crippen molar-refractivity contribution in [2.75, 3.05) is 19.0 Å². The van der Waals surface area contributed by atoms with E-state index in [2.05, 4.69) is 21.2 Å². The van der Waals surface area contributed by atoms with Gasteiger partial charge in [0, 0.05) is 22.4 Å². The molecule has 100 valence electrons. The lowest BCUT2D eigenvalue weighted by Crippen LogP contribution is -2.46. The second kappa shape index (κ2) is 6.78. The number of halogens is 2. The van der Waals surface area contributed by atoms with Crippen LogP contribution in [0.5, 0.6) is 5.75 Å². The van der Waals surface area contributed by atoms with Crippen LogP contribution in [0.25, 0.3) is 0 Å². The zero-order chi connectivity index (χ0) is 12.8. The van der Waals surface area contributed by atoms with Crippen molar-refractivity contribution in [2.45, 2.75) is 31.2 Å². The molecule has 1 aromatic carbocycles. The topological polar surface area (TPSA) is 21.3 Å².